The lowest BCUT2D eigenvalue weighted by molar-refractivity contribution is 1.01. The van der Waals surface area contributed by atoms with E-state index in [0.29, 0.717) is 38.9 Å². The van der Waals surface area contributed by atoms with Crippen LogP contribution in [0.15, 0.2) is 30.7 Å². The Morgan fingerprint density at radius 2 is 1.81 bits per heavy atom. The molecule has 0 fully saturated rings. The predicted molar refractivity (Wildman–Crippen MR) is 102 cm³/mol. The van der Waals surface area contributed by atoms with Gasteiger partial charge in [-0.05, 0) is 19.9 Å². The third kappa shape index (κ3) is 3.07. The van der Waals surface area contributed by atoms with E-state index < -0.39 is 0 Å². The smallest absolute Gasteiger partial charge is 0.157 e. The van der Waals surface area contributed by atoms with E-state index in [9.17, 15) is 0 Å². The number of halogens is 2. The van der Waals surface area contributed by atoms with Crippen molar-refractivity contribution in [3.05, 3.63) is 52.3 Å². The summed E-state index contributed by atoms with van der Waals surface area (Å²) in [4.78, 5) is 24.8. The van der Waals surface area contributed by atoms with Gasteiger partial charge in [0.15, 0.2) is 5.82 Å². The second-order valence-corrected chi connectivity index (χ2v) is 6.50. The predicted octanol–water partition coefficient (Wildman–Crippen LogP) is 4.48. The number of nitrogens with one attached hydrogen (secondary N) is 2. The molecule has 0 saturated heterocycles. The summed E-state index contributed by atoms with van der Waals surface area (Å²) in [6, 6.07) is 3.65. The van der Waals surface area contributed by atoms with Gasteiger partial charge in [0.2, 0.25) is 0 Å². The van der Waals surface area contributed by atoms with Gasteiger partial charge in [-0.1, -0.05) is 23.2 Å². The lowest BCUT2D eigenvalue weighted by Gasteiger charge is -2.07. The van der Waals surface area contributed by atoms with Crippen LogP contribution in [0.4, 0.5) is 11.6 Å². The van der Waals surface area contributed by atoms with Crippen molar-refractivity contribution in [3.8, 4) is 11.4 Å². The van der Waals surface area contributed by atoms with Crippen molar-refractivity contribution in [1.29, 1.82) is 0 Å². The first-order valence-corrected chi connectivity index (χ1v) is 8.50. The van der Waals surface area contributed by atoms with Crippen molar-refractivity contribution in [3.63, 3.8) is 0 Å². The molecule has 0 amide bonds. The molecule has 4 heterocycles. The van der Waals surface area contributed by atoms with Crippen molar-refractivity contribution in [2.75, 3.05) is 5.32 Å². The first-order valence-electron chi connectivity index (χ1n) is 7.74. The monoisotopic (exact) mass is 385 g/mol. The molecule has 4 aromatic heterocycles. The molecule has 4 aromatic rings. The lowest BCUT2D eigenvalue weighted by atomic mass is 10.2. The molecule has 0 aromatic carbocycles. The molecule has 0 unspecified atom stereocenters. The molecule has 0 radical (unpaired) electrons. The summed E-state index contributed by atoms with van der Waals surface area (Å²) in [6.07, 6.45) is 4.73. The molecule has 4 rings (SSSR count). The topological polar surface area (TPSA) is 92.3 Å². The van der Waals surface area contributed by atoms with Gasteiger partial charge in [0, 0.05) is 30.4 Å². The van der Waals surface area contributed by atoms with Gasteiger partial charge >= 0.3 is 0 Å². The zero-order chi connectivity index (χ0) is 18.3. The Bertz CT molecular complexity index is 1080. The minimum absolute atomic E-state index is 0.418. The molecule has 7 nitrogen and oxygen atoms in total. The zero-order valence-electron chi connectivity index (χ0n) is 13.9. The van der Waals surface area contributed by atoms with Crippen LogP contribution in [0.1, 0.15) is 11.5 Å². The van der Waals surface area contributed by atoms with Crippen LogP contribution in [-0.4, -0.2) is 29.9 Å². The van der Waals surface area contributed by atoms with Gasteiger partial charge in [-0.15, -0.1) is 0 Å². The highest BCUT2D eigenvalue weighted by Crippen LogP contribution is 2.34. The normalized spacial score (nSPS) is 11.1. The quantitative estimate of drug-likeness (QED) is 0.540. The van der Waals surface area contributed by atoms with E-state index in [2.05, 4.69) is 35.2 Å². The van der Waals surface area contributed by atoms with E-state index in [1.54, 1.807) is 12.3 Å². The maximum absolute atomic E-state index is 6.24. The first kappa shape index (κ1) is 16.7. The van der Waals surface area contributed by atoms with Gasteiger partial charge in [-0.3, -0.25) is 4.98 Å². The fourth-order valence-electron chi connectivity index (χ4n) is 2.69. The van der Waals surface area contributed by atoms with Crippen LogP contribution < -0.4 is 5.32 Å². The van der Waals surface area contributed by atoms with Crippen LogP contribution in [0.3, 0.4) is 0 Å². The summed E-state index contributed by atoms with van der Waals surface area (Å²) in [7, 11) is 0. The SMILES string of the molecule is Cc1cc(Nc2nccc3nc(-c4c(Cl)cncc4Cl)[nH]c23)nc(C)n1. The summed E-state index contributed by atoms with van der Waals surface area (Å²) < 4.78 is 0. The highest BCUT2D eigenvalue weighted by Gasteiger charge is 2.15. The van der Waals surface area contributed by atoms with E-state index in [4.69, 9.17) is 23.2 Å². The van der Waals surface area contributed by atoms with Crippen molar-refractivity contribution in [1.82, 2.24) is 29.9 Å². The number of rotatable bonds is 3. The molecule has 2 N–H and O–H groups in total. The number of pyridine rings is 2. The van der Waals surface area contributed by atoms with Crippen molar-refractivity contribution < 1.29 is 0 Å². The maximum Gasteiger partial charge on any atom is 0.157 e. The highest BCUT2D eigenvalue weighted by molar-refractivity contribution is 6.38. The van der Waals surface area contributed by atoms with Gasteiger partial charge in [-0.25, -0.2) is 19.9 Å². The molecule has 26 heavy (non-hydrogen) atoms. The average Bonchev–Trinajstić information content (AvgIpc) is 2.98. The van der Waals surface area contributed by atoms with Crippen molar-refractivity contribution in [2.45, 2.75) is 13.8 Å². The number of nitrogens with zero attached hydrogens (tertiary/aromatic N) is 5. The molecule has 0 aliphatic rings. The molecule has 0 bridgehead atoms. The Balaban J connectivity index is 1.81. The minimum atomic E-state index is 0.418. The van der Waals surface area contributed by atoms with Crippen LogP contribution in [0.5, 0.6) is 0 Å². The largest absolute Gasteiger partial charge is 0.335 e. The van der Waals surface area contributed by atoms with Crippen LogP contribution >= 0.6 is 23.2 Å². The molecule has 0 saturated carbocycles. The standard InChI is InChI=1S/C17H13Cl2N7/c1-8-5-13(23-9(2)22-8)25-17-15-12(3-4-21-17)24-16(26-15)14-10(18)6-20-7-11(14)19/h3-7H,1-2H3,(H,24,26)(H,21,22,23,25). The summed E-state index contributed by atoms with van der Waals surface area (Å²) in [5, 5.41) is 4.05. The first-order chi connectivity index (χ1) is 12.5. The molecule has 0 aliphatic carbocycles. The molecule has 9 heteroatoms. The van der Waals surface area contributed by atoms with E-state index in [0.717, 1.165) is 16.7 Å². The number of aromatic amines is 1. The molecule has 0 atom stereocenters. The summed E-state index contributed by atoms with van der Waals surface area (Å²) >= 11 is 12.5. The number of hydrogen-bond donors (Lipinski definition) is 2. The third-order valence-corrected chi connectivity index (χ3v) is 4.28. The fraction of sp³-hybridized carbons (Fsp3) is 0.118. The zero-order valence-corrected chi connectivity index (χ0v) is 15.4. The Morgan fingerprint density at radius 3 is 2.54 bits per heavy atom. The Kier molecular flexibility index (Phi) is 4.18. The molecule has 130 valence electrons. The van der Waals surface area contributed by atoms with Crippen molar-refractivity contribution in [2.24, 2.45) is 0 Å². The van der Waals surface area contributed by atoms with E-state index in [1.165, 1.54) is 12.4 Å². The minimum Gasteiger partial charge on any atom is -0.335 e. The molecular weight excluding hydrogens is 373 g/mol. The third-order valence-electron chi connectivity index (χ3n) is 3.71. The molecular formula is C17H13Cl2N7. The second-order valence-electron chi connectivity index (χ2n) is 5.68. The summed E-state index contributed by atoms with van der Waals surface area (Å²) in [5.74, 6) is 2.48. The van der Waals surface area contributed by atoms with Crippen LogP contribution in [0, 0.1) is 13.8 Å². The van der Waals surface area contributed by atoms with Gasteiger partial charge < -0.3 is 10.3 Å². The van der Waals surface area contributed by atoms with Gasteiger partial charge in [0.25, 0.3) is 0 Å². The van der Waals surface area contributed by atoms with Gasteiger partial charge in [0.05, 0.1) is 21.1 Å². The Morgan fingerprint density at radius 1 is 1.04 bits per heavy atom. The highest BCUT2D eigenvalue weighted by atomic mass is 35.5. The maximum atomic E-state index is 6.24. The van der Waals surface area contributed by atoms with E-state index in [-0.39, 0.29) is 0 Å². The lowest BCUT2D eigenvalue weighted by Crippen LogP contribution is -2.00. The molecule has 0 spiro atoms. The number of fused-ring (bicyclic) bond motifs is 1. The number of H-pyrrole nitrogens is 1. The average molecular weight is 386 g/mol. The van der Waals surface area contributed by atoms with E-state index in [1.807, 2.05) is 19.9 Å². The number of anilines is 2. The fourth-order valence-corrected chi connectivity index (χ4v) is 3.23. The Labute approximate surface area is 158 Å². The van der Waals surface area contributed by atoms with Gasteiger partial charge in [-0.2, -0.15) is 0 Å². The Hall–Kier alpha value is -2.77. The number of imidazole rings is 1. The van der Waals surface area contributed by atoms with Crippen LogP contribution in [-0.2, 0) is 0 Å². The second kappa shape index (κ2) is 6.51. The summed E-state index contributed by atoms with van der Waals surface area (Å²) in [6.45, 7) is 3.75. The molecule has 0 aliphatic heterocycles. The summed E-state index contributed by atoms with van der Waals surface area (Å²) in [5.41, 5.74) is 2.91. The number of aryl methyl sites for hydroxylation is 2. The van der Waals surface area contributed by atoms with Crippen LogP contribution in [0.25, 0.3) is 22.4 Å². The number of hydrogen-bond acceptors (Lipinski definition) is 6. The number of aromatic nitrogens is 6. The van der Waals surface area contributed by atoms with E-state index >= 15 is 0 Å². The van der Waals surface area contributed by atoms with Crippen LogP contribution in [0.2, 0.25) is 10.0 Å². The van der Waals surface area contributed by atoms with Crippen molar-refractivity contribution >= 4 is 45.9 Å². The van der Waals surface area contributed by atoms with Gasteiger partial charge in [0.1, 0.15) is 23.0 Å².